The molecule has 3 nitrogen and oxygen atoms in total. The fourth-order valence-corrected chi connectivity index (χ4v) is 2.98. The third-order valence-corrected chi connectivity index (χ3v) is 4.07. The van der Waals surface area contributed by atoms with E-state index >= 15 is 0 Å². The van der Waals surface area contributed by atoms with Gasteiger partial charge < -0.3 is 10.1 Å². The molecule has 0 aliphatic heterocycles. The van der Waals surface area contributed by atoms with Crippen LogP contribution in [0.2, 0.25) is 0 Å². The Balaban J connectivity index is 1.81. The van der Waals surface area contributed by atoms with Crippen molar-refractivity contribution < 1.29 is 4.74 Å². The lowest BCUT2D eigenvalue weighted by Gasteiger charge is -2.31. The molecule has 1 N–H and O–H groups in total. The lowest BCUT2D eigenvalue weighted by Crippen LogP contribution is -2.30. The minimum atomic E-state index is 0.368. The second kappa shape index (κ2) is 5.25. The second-order valence-corrected chi connectivity index (χ2v) is 5.68. The highest BCUT2D eigenvalue weighted by Gasteiger charge is 2.26. The summed E-state index contributed by atoms with van der Waals surface area (Å²) >= 11 is 6.00. The molecule has 1 aromatic heterocycles. The maximum absolute atomic E-state index is 6.00. The largest absolute Gasteiger partial charge is 0.497 e. The van der Waals surface area contributed by atoms with E-state index in [0.717, 1.165) is 36.3 Å². The van der Waals surface area contributed by atoms with Gasteiger partial charge in [0.15, 0.2) is 0 Å². The Hall–Kier alpha value is -1.48. The SMILES string of the molecule is COc1ccc2ccnc(NCC3CC(Cl)C3)c2c1. The summed E-state index contributed by atoms with van der Waals surface area (Å²) < 4.78 is 5.28. The van der Waals surface area contributed by atoms with Crippen LogP contribution < -0.4 is 10.1 Å². The van der Waals surface area contributed by atoms with Crippen LogP contribution in [0.3, 0.4) is 0 Å². The van der Waals surface area contributed by atoms with E-state index in [-0.39, 0.29) is 0 Å². The minimum Gasteiger partial charge on any atom is -0.497 e. The zero-order valence-corrected chi connectivity index (χ0v) is 11.7. The van der Waals surface area contributed by atoms with Gasteiger partial charge in [-0.1, -0.05) is 6.07 Å². The number of anilines is 1. The number of nitrogens with zero attached hydrogens (tertiary/aromatic N) is 1. The highest BCUT2D eigenvalue weighted by Crippen LogP contribution is 2.32. The van der Waals surface area contributed by atoms with Gasteiger partial charge in [-0.2, -0.15) is 0 Å². The third-order valence-electron chi connectivity index (χ3n) is 3.71. The van der Waals surface area contributed by atoms with Crippen molar-refractivity contribution in [3.63, 3.8) is 0 Å². The van der Waals surface area contributed by atoms with Crippen LogP contribution in [0.1, 0.15) is 12.8 Å². The monoisotopic (exact) mass is 276 g/mol. The maximum atomic E-state index is 6.00. The number of methoxy groups -OCH3 is 1. The zero-order chi connectivity index (χ0) is 13.2. The lowest BCUT2D eigenvalue weighted by molar-refractivity contribution is 0.341. The minimum absolute atomic E-state index is 0.368. The summed E-state index contributed by atoms with van der Waals surface area (Å²) in [7, 11) is 1.68. The van der Waals surface area contributed by atoms with Crippen LogP contribution >= 0.6 is 11.6 Å². The first-order valence-electron chi connectivity index (χ1n) is 6.57. The summed E-state index contributed by atoms with van der Waals surface area (Å²) in [6, 6.07) is 8.06. The van der Waals surface area contributed by atoms with E-state index in [9.17, 15) is 0 Å². The number of aromatic nitrogens is 1. The molecule has 2 aromatic rings. The molecule has 4 heteroatoms. The molecule has 0 bridgehead atoms. The van der Waals surface area contributed by atoms with Crippen molar-refractivity contribution in [3.05, 3.63) is 30.5 Å². The Labute approximate surface area is 117 Å². The molecule has 1 fully saturated rings. The van der Waals surface area contributed by atoms with E-state index in [1.165, 1.54) is 5.39 Å². The first kappa shape index (κ1) is 12.5. The fraction of sp³-hybridized carbons (Fsp3) is 0.400. The summed E-state index contributed by atoms with van der Waals surface area (Å²) in [5.41, 5.74) is 0. The van der Waals surface area contributed by atoms with E-state index in [1.54, 1.807) is 7.11 Å². The predicted molar refractivity (Wildman–Crippen MR) is 79.1 cm³/mol. The van der Waals surface area contributed by atoms with Gasteiger partial charge in [0.25, 0.3) is 0 Å². The summed E-state index contributed by atoms with van der Waals surface area (Å²) in [4.78, 5) is 4.43. The van der Waals surface area contributed by atoms with Crippen LogP contribution in [0, 0.1) is 5.92 Å². The highest BCUT2D eigenvalue weighted by molar-refractivity contribution is 6.21. The molecule has 3 rings (SSSR count). The highest BCUT2D eigenvalue weighted by atomic mass is 35.5. The van der Waals surface area contributed by atoms with E-state index in [2.05, 4.69) is 16.4 Å². The molecule has 1 aromatic carbocycles. The molecule has 1 aliphatic rings. The van der Waals surface area contributed by atoms with E-state index in [0.29, 0.717) is 11.3 Å². The molecule has 0 spiro atoms. The van der Waals surface area contributed by atoms with Crippen molar-refractivity contribution >= 4 is 28.2 Å². The first-order chi connectivity index (χ1) is 9.26. The molecule has 0 saturated heterocycles. The number of ether oxygens (including phenoxy) is 1. The van der Waals surface area contributed by atoms with E-state index < -0.39 is 0 Å². The molecule has 1 saturated carbocycles. The molecular weight excluding hydrogens is 260 g/mol. The molecule has 1 heterocycles. The predicted octanol–water partition coefficient (Wildman–Crippen LogP) is 3.67. The van der Waals surface area contributed by atoms with Gasteiger partial charge in [-0.05, 0) is 42.3 Å². The van der Waals surface area contributed by atoms with Crippen molar-refractivity contribution in [3.8, 4) is 5.75 Å². The quantitative estimate of drug-likeness (QED) is 0.865. The molecule has 0 amide bonds. The smallest absolute Gasteiger partial charge is 0.133 e. The number of hydrogen-bond donors (Lipinski definition) is 1. The van der Waals surface area contributed by atoms with Crippen molar-refractivity contribution in [1.29, 1.82) is 0 Å². The summed E-state index contributed by atoms with van der Waals surface area (Å²) in [6.07, 6.45) is 4.04. The number of halogens is 1. The second-order valence-electron chi connectivity index (χ2n) is 5.06. The van der Waals surface area contributed by atoms with Crippen LogP contribution in [0.25, 0.3) is 10.8 Å². The van der Waals surface area contributed by atoms with Gasteiger partial charge in [0, 0.05) is 23.5 Å². The Morgan fingerprint density at radius 1 is 1.37 bits per heavy atom. The fourth-order valence-electron chi connectivity index (χ4n) is 2.48. The number of fused-ring (bicyclic) bond motifs is 1. The normalized spacial score (nSPS) is 22.0. The molecule has 1 aliphatic carbocycles. The van der Waals surface area contributed by atoms with Crippen LogP contribution in [-0.2, 0) is 0 Å². The van der Waals surface area contributed by atoms with Crippen LogP contribution in [-0.4, -0.2) is 24.0 Å². The molecule has 100 valence electrons. The average Bonchev–Trinajstić information content (AvgIpc) is 2.41. The molecule has 0 radical (unpaired) electrons. The zero-order valence-electron chi connectivity index (χ0n) is 10.9. The van der Waals surface area contributed by atoms with E-state index in [4.69, 9.17) is 16.3 Å². The van der Waals surface area contributed by atoms with Gasteiger partial charge in [-0.3, -0.25) is 0 Å². The number of nitrogens with one attached hydrogen (secondary N) is 1. The lowest BCUT2D eigenvalue weighted by atomic mass is 9.85. The molecule has 0 atom stereocenters. The summed E-state index contributed by atoms with van der Waals surface area (Å²) in [5.74, 6) is 2.45. The van der Waals surface area contributed by atoms with Crippen molar-refractivity contribution in [1.82, 2.24) is 4.98 Å². The molecular formula is C15H17ClN2O. The summed E-state index contributed by atoms with van der Waals surface area (Å²) in [5, 5.41) is 6.07. The Bertz CT molecular complexity index is 581. The number of alkyl halides is 1. The number of pyridine rings is 1. The molecule has 19 heavy (non-hydrogen) atoms. The first-order valence-corrected chi connectivity index (χ1v) is 7.00. The molecule has 0 unspecified atom stereocenters. The van der Waals surface area contributed by atoms with E-state index in [1.807, 2.05) is 24.4 Å². The Morgan fingerprint density at radius 3 is 2.95 bits per heavy atom. The van der Waals surface area contributed by atoms with Gasteiger partial charge in [0.05, 0.1) is 7.11 Å². The van der Waals surface area contributed by atoms with Gasteiger partial charge in [0.1, 0.15) is 11.6 Å². The van der Waals surface area contributed by atoms with Gasteiger partial charge in [0.2, 0.25) is 0 Å². The standard InChI is InChI=1S/C15H17ClN2O/c1-19-13-3-2-11-4-5-17-15(14(11)8-13)18-9-10-6-12(16)7-10/h2-5,8,10,12H,6-7,9H2,1H3,(H,17,18). The average molecular weight is 277 g/mol. The van der Waals surface area contributed by atoms with Crippen molar-refractivity contribution in [2.45, 2.75) is 18.2 Å². The number of benzene rings is 1. The van der Waals surface area contributed by atoms with Gasteiger partial charge in [-0.15, -0.1) is 11.6 Å². The van der Waals surface area contributed by atoms with Crippen LogP contribution in [0.5, 0.6) is 5.75 Å². The van der Waals surface area contributed by atoms with Gasteiger partial charge in [-0.25, -0.2) is 4.98 Å². The summed E-state index contributed by atoms with van der Waals surface area (Å²) in [6.45, 7) is 0.937. The van der Waals surface area contributed by atoms with Crippen molar-refractivity contribution in [2.75, 3.05) is 19.0 Å². The van der Waals surface area contributed by atoms with Crippen LogP contribution in [0.4, 0.5) is 5.82 Å². The van der Waals surface area contributed by atoms with Crippen LogP contribution in [0.15, 0.2) is 30.5 Å². The number of hydrogen-bond acceptors (Lipinski definition) is 3. The van der Waals surface area contributed by atoms with Crippen molar-refractivity contribution in [2.24, 2.45) is 5.92 Å². The Morgan fingerprint density at radius 2 is 2.21 bits per heavy atom. The Kier molecular flexibility index (Phi) is 3.47. The van der Waals surface area contributed by atoms with Gasteiger partial charge >= 0.3 is 0 Å². The maximum Gasteiger partial charge on any atom is 0.133 e. The third kappa shape index (κ3) is 2.61. The topological polar surface area (TPSA) is 34.1 Å². The number of rotatable bonds is 4.